The van der Waals surface area contributed by atoms with Gasteiger partial charge in [-0.2, -0.15) is 0 Å². The Morgan fingerprint density at radius 3 is 2.74 bits per heavy atom. The Morgan fingerprint density at radius 1 is 1.16 bits per heavy atom. The molecule has 5 heteroatoms. The first-order valence-corrected chi connectivity index (χ1v) is 6.13. The van der Waals surface area contributed by atoms with Crippen LogP contribution in [0.5, 0.6) is 0 Å². The van der Waals surface area contributed by atoms with Crippen molar-refractivity contribution in [3.05, 3.63) is 42.6 Å². The Kier molecular flexibility index (Phi) is 3.12. The Labute approximate surface area is 110 Å². The van der Waals surface area contributed by atoms with Crippen LogP contribution in [0.25, 0.3) is 22.6 Å². The van der Waals surface area contributed by atoms with E-state index in [1.807, 2.05) is 36.4 Å². The largest absolute Gasteiger partial charge is 0.395 e. The van der Waals surface area contributed by atoms with Crippen LogP contribution in [0.3, 0.4) is 0 Å². The smallest absolute Gasteiger partial charge is 0.178 e. The highest BCUT2D eigenvalue weighted by molar-refractivity contribution is 5.75. The van der Waals surface area contributed by atoms with Gasteiger partial charge in [-0.05, 0) is 36.4 Å². The molecule has 0 aliphatic carbocycles. The van der Waals surface area contributed by atoms with Crippen molar-refractivity contribution in [3.8, 4) is 11.4 Å². The first kappa shape index (κ1) is 11.7. The molecule has 5 nitrogen and oxygen atoms in total. The molecule has 2 heterocycles. The number of pyridine rings is 1. The number of imidazole rings is 1. The lowest BCUT2D eigenvalue weighted by Crippen LogP contribution is -2.04. The van der Waals surface area contributed by atoms with Crippen LogP contribution in [0.2, 0.25) is 0 Å². The maximum atomic E-state index is 8.76. The van der Waals surface area contributed by atoms with Gasteiger partial charge in [0.15, 0.2) is 5.65 Å². The summed E-state index contributed by atoms with van der Waals surface area (Å²) in [6.07, 6.45) is 1.73. The van der Waals surface area contributed by atoms with Gasteiger partial charge in [-0.3, -0.25) is 0 Å². The molecule has 3 rings (SSSR count). The molecule has 0 atom stereocenters. The molecule has 0 fully saturated rings. The van der Waals surface area contributed by atoms with E-state index in [4.69, 9.17) is 5.11 Å². The van der Waals surface area contributed by atoms with Crippen molar-refractivity contribution in [1.29, 1.82) is 0 Å². The minimum Gasteiger partial charge on any atom is -0.395 e. The summed E-state index contributed by atoms with van der Waals surface area (Å²) in [6.45, 7) is 0.672. The molecule has 0 unspecified atom stereocenters. The highest BCUT2D eigenvalue weighted by atomic mass is 16.3. The molecule has 1 aromatic carbocycles. The van der Waals surface area contributed by atoms with Gasteiger partial charge in [0.25, 0.3) is 0 Å². The monoisotopic (exact) mass is 254 g/mol. The summed E-state index contributed by atoms with van der Waals surface area (Å²) in [4.78, 5) is 11.9. The Bertz CT molecular complexity index is 642. The molecule has 0 amide bonds. The third kappa shape index (κ3) is 2.41. The van der Waals surface area contributed by atoms with Crippen molar-refractivity contribution in [2.24, 2.45) is 0 Å². The Morgan fingerprint density at radius 2 is 2.00 bits per heavy atom. The molecule has 0 aliphatic heterocycles. The van der Waals surface area contributed by atoms with Gasteiger partial charge in [0.05, 0.1) is 12.1 Å². The summed E-state index contributed by atoms with van der Waals surface area (Å²) in [5, 5.41) is 11.9. The lowest BCUT2D eigenvalue weighted by atomic mass is 10.2. The van der Waals surface area contributed by atoms with Crippen molar-refractivity contribution in [2.75, 3.05) is 18.5 Å². The van der Waals surface area contributed by atoms with Crippen molar-refractivity contribution < 1.29 is 5.11 Å². The van der Waals surface area contributed by atoms with Crippen LogP contribution >= 0.6 is 0 Å². The second-order valence-corrected chi connectivity index (χ2v) is 4.19. The van der Waals surface area contributed by atoms with Gasteiger partial charge in [-0.1, -0.05) is 0 Å². The number of aliphatic hydroxyl groups is 1. The number of rotatable bonds is 4. The number of hydrogen-bond acceptors (Lipinski definition) is 4. The molecule has 0 bridgehead atoms. The molecule has 3 aromatic rings. The highest BCUT2D eigenvalue weighted by Gasteiger charge is 2.05. The Hall–Kier alpha value is -2.40. The minimum atomic E-state index is 0.122. The van der Waals surface area contributed by atoms with Crippen LogP contribution in [0.4, 0.5) is 5.69 Å². The van der Waals surface area contributed by atoms with Gasteiger partial charge in [0.2, 0.25) is 0 Å². The van der Waals surface area contributed by atoms with Gasteiger partial charge in [-0.25, -0.2) is 9.97 Å². The van der Waals surface area contributed by atoms with E-state index in [0.717, 1.165) is 28.2 Å². The second kappa shape index (κ2) is 5.07. The highest BCUT2D eigenvalue weighted by Crippen LogP contribution is 2.20. The summed E-state index contributed by atoms with van der Waals surface area (Å²) < 4.78 is 0. The fraction of sp³-hybridized carbons (Fsp3) is 0.143. The standard InChI is InChI=1S/C14H14N4O/c19-9-8-15-11-5-3-10(4-6-11)13-17-12-2-1-7-16-14(12)18-13/h1-7,15,19H,8-9H2,(H,16,17,18). The number of H-pyrrole nitrogens is 1. The number of aliphatic hydroxyl groups excluding tert-OH is 1. The summed E-state index contributed by atoms with van der Waals surface area (Å²) in [6, 6.07) is 11.7. The summed E-state index contributed by atoms with van der Waals surface area (Å²) in [7, 11) is 0. The topological polar surface area (TPSA) is 73.8 Å². The number of nitrogens with zero attached hydrogens (tertiary/aromatic N) is 2. The number of fused-ring (bicyclic) bond motifs is 1. The molecule has 0 radical (unpaired) electrons. The fourth-order valence-corrected chi connectivity index (χ4v) is 1.93. The molecule has 2 aromatic heterocycles. The van der Waals surface area contributed by atoms with Crippen LogP contribution in [-0.2, 0) is 0 Å². The predicted octanol–water partition coefficient (Wildman–Crippen LogP) is 2.03. The third-order valence-corrected chi connectivity index (χ3v) is 2.86. The second-order valence-electron chi connectivity index (χ2n) is 4.19. The molecule has 0 saturated carbocycles. The molecular weight excluding hydrogens is 240 g/mol. The third-order valence-electron chi connectivity index (χ3n) is 2.86. The number of aromatic amines is 1. The number of anilines is 1. The molecule has 0 saturated heterocycles. The normalized spacial score (nSPS) is 10.8. The summed E-state index contributed by atoms with van der Waals surface area (Å²) in [5.41, 5.74) is 3.64. The average molecular weight is 254 g/mol. The SMILES string of the molecule is OCCNc1ccc(-c2nc3ncccc3[nH]2)cc1. The Balaban J connectivity index is 1.88. The lowest BCUT2D eigenvalue weighted by molar-refractivity contribution is 0.311. The van der Waals surface area contributed by atoms with Gasteiger partial charge >= 0.3 is 0 Å². The molecular formula is C14H14N4O. The summed E-state index contributed by atoms with van der Waals surface area (Å²) in [5.74, 6) is 0.808. The van der Waals surface area contributed by atoms with Gasteiger partial charge < -0.3 is 15.4 Å². The molecule has 96 valence electrons. The number of benzene rings is 1. The van der Waals surface area contributed by atoms with E-state index in [2.05, 4.69) is 20.3 Å². The van der Waals surface area contributed by atoms with E-state index in [1.165, 1.54) is 0 Å². The minimum absolute atomic E-state index is 0.122. The average Bonchev–Trinajstić information content (AvgIpc) is 2.89. The van der Waals surface area contributed by atoms with Crippen LogP contribution < -0.4 is 5.32 Å². The van der Waals surface area contributed by atoms with Crippen LogP contribution in [0.1, 0.15) is 0 Å². The van der Waals surface area contributed by atoms with Crippen LogP contribution in [0.15, 0.2) is 42.6 Å². The lowest BCUT2D eigenvalue weighted by Gasteiger charge is -2.04. The van der Waals surface area contributed by atoms with Crippen molar-refractivity contribution >= 4 is 16.9 Å². The number of nitrogens with one attached hydrogen (secondary N) is 2. The predicted molar refractivity (Wildman–Crippen MR) is 74.9 cm³/mol. The zero-order valence-corrected chi connectivity index (χ0v) is 10.3. The van der Waals surface area contributed by atoms with Crippen LogP contribution in [0, 0.1) is 0 Å². The van der Waals surface area contributed by atoms with Crippen molar-refractivity contribution in [1.82, 2.24) is 15.0 Å². The number of hydrogen-bond donors (Lipinski definition) is 3. The van der Waals surface area contributed by atoms with E-state index >= 15 is 0 Å². The zero-order chi connectivity index (χ0) is 13.1. The van der Waals surface area contributed by atoms with E-state index in [1.54, 1.807) is 6.20 Å². The fourth-order valence-electron chi connectivity index (χ4n) is 1.93. The van der Waals surface area contributed by atoms with Crippen LogP contribution in [-0.4, -0.2) is 33.2 Å². The quantitative estimate of drug-likeness (QED) is 0.666. The van der Waals surface area contributed by atoms with Gasteiger partial charge in [0.1, 0.15) is 5.82 Å². The van der Waals surface area contributed by atoms with Crippen molar-refractivity contribution in [2.45, 2.75) is 0 Å². The van der Waals surface area contributed by atoms with E-state index in [0.29, 0.717) is 6.54 Å². The van der Waals surface area contributed by atoms with Gasteiger partial charge in [-0.15, -0.1) is 0 Å². The van der Waals surface area contributed by atoms with Crippen molar-refractivity contribution in [3.63, 3.8) is 0 Å². The first-order chi connectivity index (χ1) is 9.36. The van der Waals surface area contributed by atoms with Gasteiger partial charge in [0, 0.05) is 24.0 Å². The van der Waals surface area contributed by atoms with E-state index < -0.39 is 0 Å². The van der Waals surface area contributed by atoms with E-state index in [9.17, 15) is 0 Å². The maximum absolute atomic E-state index is 8.76. The zero-order valence-electron chi connectivity index (χ0n) is 10.3. The molecule has 0 aliphatic rings. The maximum Gasteiger partial charge on any atom is 0.178 e. The molecule has 3 N–H and O–H groups in total. The molecule has 0 spiro atoms. The van der Waals surface area contributed by atoms with E-state index in [-0.39, 0.29) is 6.61 Å². The first-order valence-electron chi connectivity index (χ1n) is 6.13. The summed E-state index contributed by atoms with van der Waals surface area (Å²) >= 11 is 0. The number of aromatic nitrogens is 3. The molecule has 19 heavy (non-hydrogen) atoms.